The molecule has 0 N–H and O–H groups in total. The predicted octanol–water partition coefficient (Wildman–Crippen LogP) is 6.48. The predicted molar refractivity (Wildman–Crippen MR) is 106 cm³/mol. The van der Waals surface area contributed by atoms with Crippen LogP contribution in [0, 0.1) is 0 Å². The number of epoxide rings is 1. The summed E-state index contributed by atoms with van der Waals surface area (Å²) in [5.74, 6) is 1.04. The van der Waals surface area contributed by atoms with Crippen LogP contribution in [-0.4, -0.2) is 19.3 Å². The monoisotopic (exact) mass is 344 g/mol. The molecular weight excluding hydrogens is 308 g/mol. The molecule has 1 heterocycles. The van der Waals surface area contributed by atoms with Crippen molar-refractivity contribution in [2.75, 3.05) is 13.2 Å². The molecule has 0 radical (unpaired) electrons. The molecule has 0 aromatic heterocycles. The largest absolute Gasteiger partial charge is 0.491 e. The molecule has 25 heavy (non-hydrogen) atoms. The fraction of sp³-hybridized carbons (Fsp3) is 0.652. The summed E-state index contributed by atoms with van der Waals surface area (Å²) in [5.41, 5.74) is 1.33. The Morgan fingerprint density at radius 2 is 1.64 bits per heavy atom. The molecule has 2 heteroatoms. The van der Waals surface area contributed by atoms with Crippen molar-refractivity contribution in [1.82, 2.24) is 0 Å². The molecular formula is C23H36O2. The van der Waals surface area contributed by atoms with Crippen molar-refractivity contribution in [2.45, 2.75) is 83.7 Å². The van der Waals surface area contributed by atoms with E-state index in [-0.39, 0.29) is 0 Å². The number of unbranched alkanes of at least 4 members (excludes halogenated alkanes) is 8. The second-order valence-corrected chi connectivity index (χ2v) is 7.15. The third kappa shape index (κ3) is 9.69. The molecule has 1 atom stereocenters. The Kier molecular flexibility index (Phi) is 10.4. The lowest BCUT2D eigenvalue weighted by molar-refractivity contribution is 0.261. The first-order chi connectivity index (χ1) is 12.4. The molecule has 1 aliphatic heterocycles. The number of hydrogen-bond donors (Lipinski definition) is 0. The van der Waals surface area contributed by atoms with Crippen LogP contribution in [-0.2, 0) is 11.2 Å². The molecule has 0 bridgehead atoms. The van der Waals surface area contributed by atoms with Gasteiger partial charge in [0, 0.05) is 0 Å². The summed E-state index contributed by atoms with van der Waals surface area (Å²) in [6.07, 6.45) is 19.4. The molecule has 1 unspecified atom stereocenters. The smallest absolute Gasteiger partial charge is 0.122 e. The highest BCUT2D eigenvalue weighted by Crippen LogP contribution is 2.22. The van der Waals surface area contributed by atoms with E-state index in [0.717, 1.165) is 18.8 Å². The van der Waals surface area contributed by atoms with Gasteiger partial charge in [0.25, 0.3) is 0 Å². The Morgan fingerprint density at radius 1 is 0.960 bits per heavy atom. The van der Waals surface area contributed by atoms with Gasteiger partial charge in [-0.3, -0.25) is 0 Å². The summed E-state index contributed by atoms with van der Waals surface area (Å²) in [6, 6.07) is 8.43. The molecule has 0 aliphatic carbocycles. The molecule has 0 saturated carbocycles. The topological polar surface area (TPSA) is 21.8 Å². The maximum absolute atomic E-state index is 5.88. The molecule has 0 spiro atoms. The number of ether oxygens (including phenoxy) is 2. The molecule has 140 valence electrons. The zero-order chi connectivity index (χ0) is 17.6. The maximum Gasteiger partial charge on any atom is 0.122 e. The molecule has 1 fully saturated rings. The Balaban J connectivity index is 1.49. The fourth-order valence-electron chi connectivity index (χ4n) is 3.05. The molecule has 2 rings (SSSR count). The second-order valence-electron chi connectivity index (χ2n) is 7.15. The van der Waals surface area contributed by atoms with Gasteiger partial charge < -0.3 is 9.47 Å². The maximum atomic E-state index is 5.88. The number of rotatable bonds is 15. The van der Waals surface area contributed by atoms with Gasteiger partial charge in [0.15, 0.2) is 0 Å². The Bertz CT molecular complexity index is 477. The van der Waals surface area contributed by atoms with Crippen LogP contribution in [0.25, 0.3) is 0 Å². The van der Waals surface area contributed by atoms with E-state index in [1.807, 2.05) is 0 Å². The molecule has 1 aromatic carbocycles. The fourth-order valence-corrected chi connectivity index (χ4v) is 3.05. The Labute approximate surface area is 154 Å². The van der Waals surface area contributed by atoms with Crippen molar-refractivity contribution in [2.24, 2.45) is 0 Å². The molecule has 1 saturated heterocycles. The van der Waals surface area contributed by atoms with Gasteiger partial charge in [-0.2, -0.15) is 0 Å². The van der Waals surface area contributed by atoms with E-state index in [4.69, 9.17) is 9.47 Å². The van der Waals surface area contributed by atoms with Gasteiger partial charge in [0.05, 0.1) is 6.61 Å². The summed E-state index contributed by atoms with van der Waals surface area (Å²) < 4.78 is 11.1. The zero-order valence-electron chi connectivity index (χ0n) is 16.1. The lowest BCUT2D eigenvalue weighted by atomic mass is 10.1. The summed E-state index contributed by atoms with van der Waals surface area (Å²) in [6.45, 7) is 3.82. The molecule has 0 amide bonds. The normalized spacial score (nSPS) is 16.4. The van der Waals surface area contributed by atoms with Crippen molar-refractivity contribution in [3.63, 3.8) is 0 Å². The SMILES string of the molecule is CCCCCCCC/C=C/CCCCc1ccccc1OCC1CO1. The Morgan fingerprint density at radius 3 is 2.40 bits per heavy atom. The first kappa shape index (κ1) is 20.0. The highest BCUT2D eigenvalue weighted by atomic mass is 16.6. The first-order valence-electron chi connectivity index (χ1n) is 10.4. The third-order valence-electron chi connectivity index (χ3n) is 4.76. The van der Waals surface area contributed by atoms with Crippen molar-refractivity contribution in [3.8, 4) is 5.75 Å². The van der Waals surface area contributed by atoms with Gasteiger partial charge in [0.1, 0.15) is 18.5 Å². The van der Waals surface area contributed by atoms with Crippen LogP contribution >= 0.6 is 0 Å². The number of hydrogen-bond acceptors (Lipinski definition) is 2. The zero-order valence-corrected chi connectivity index (χ0v) is 16.1. The minimum atomic E-state index is 0.324. The number of para-hydroxylation sites is 1. The average molecular weight is 345 g/mol. The lowest BCUT2D eigenvalue weighted by Gasteiger charge is -2.10. The van der Waals surface area contributed by atoms with Crippen LogP contribution in [0.1, 0.15) is 76.7 Å². The highest BCUT2D eigenvalue weighted by Gasteiger charge is 2.23. The van der Waals surface area contributed by atoms with Crippen molar-refractivity contribution in [3.05, 3.63) is 42.0 Å². The van der Waals surface area contributed by atoms with Crippen molar-refractivity contribution >= 4 is 0 Å². The number of aryl methyl sites for hydroxylation is 1. The van der Waals surface area contributed by atoms with E-state index in [1.165, 1.54) is 69.8 Å². The summed E-state index contributed by atoms with van der Waals surface area (Å²) >= 11 is 0. The van der Waals surface area contributed by atoms with Crippen LogP contribution in [0.15, 0.2) is 36.4 Å². The molecule has 1 aromatic rings. The van der Waals surface area contributed by atoms with E-state index in [2.05, 4.69) is 43.3 Å². The first-order valence-corrected chi connectivity index (χ1v) is 10.4. The minimum Gasteiger partial charge on any atom is -0.491 e. The number of allylic oxidation sites excluding steroid dienone is 2. The quantitative estimate of drug-likeness (QED) is 0.206. The molecule has 1 aliphatic rings. The van der Waals surface area contributed by atoms with Crippen molar-refractivity contribution in [1.29, 1.82) is 0 Å². The van der Waals surface area contributed by atoms with E-state index < -0.39 is 0 Å². The van der Waals surface area contributed by atoms with E-state index >= 15 is 0 Å². The van der Waals surface area contributed by atoms with E-state index in [0.29, 0.717) is 12.7 Å². The van der Waals surface area contributed by atoms with Gasteiger partial charge in [-0.15, -0.1) is 0 Å². The van der Waals surface area contributed by atoms with Crippen LogP contribution in [0.3, 0.4) is 0 Å². The summed E-state index contributed by atoms with van der Waals surface area (Å²) in [7, 11) is 0. The van der Waals surface area contributed by atoms with E-state index in [9.17, 15) is 0 Å². The standard InChI is InChI=1S/C23H36O2/c1-2-3-4-5-6-7-8-9-10-11-12-13-16-21-17-14-15-18-23(21)25-20-22-19-24-22/h9-10,14-15,17-18,22H,2-8,11-13,16,19-20H2,1H3/b10-9+. The second kappa shape index (κ2) is 13.0. The van der Waals surface area contributed by atoms with Gasteiger partial charge in [-0.25, -0.2) is 0 Å². The summed E-state index contributed by atoms with van der Waals surface area (Å²) in [4.78, 5) is 0. The van der Waals surface area contributed by atoms with Crippen LogP contribution in [0.4, 0.5) is 0 Å². The van der Waals surface area contributed by atoms with E-state index in [1.54, 1.807) is 0 Å². The van der Waals surface area contributed by atoms with Gasteiger partial charge >= 0.3 is 0 Å². The van der Waals surface area contributed by atoms with Gasteiger partial charge in [0.2, 0.25) is 0 Å². The Hall–Kier alpha value is -1.28. The van der Waals surface area contributed by atoms with Gasteiger partial charge in [-0.05, 0) is 50.2 Å². The average Bonchev–Trinajstić information content (AvgIpc) is 3.46. The lowest BCUT2D eigenvalue weighted by Crippen LogP contribution is -2.05. The van der Waals surface area contributed by atoms with Crippen LogP contribution < -0.4 is 4.74 Å². The minimum absolute atomic E-state index is 0.324. The highest BCUT2D eigenvalue weighted by molar-refractivity contribution is 5.33. The van der Waals surface area contributed by atoms with Crippen molar-refractivity contribution < 1.29 is 9.47 Å². The number of benzene rings is 1. The van der Waals surface area contributed by atoms with Crippen LogP contribution in [0.5, 0.6) is 5.75 Å². The third-order valence-corrected chi connectivity index (χ3v) is 4.76. The van der Waals surface area contributed by atoms with Crippen LogP contribution in [0.2, 0.25) is 0 Å². The van der Waals surface area contributed by atoms with Gasteiger partial charge in [-0.1, -0.05) is 69.4 Å². The molecule has 2 nitrogen and oxygen atoms in total. The summed E-state index contributed by atoms with van der Waals surface area (Å²) in [5, 5.41) is 0.